The molecule has 0 fully saturated rings. The molecule has 0 amide bonds. The number of aromatic nitrogens is 3. The Morgan fingerprint density at radius 1 is 1.19 bits per heavy atom. The van der Waals surface area contributed by atoms with Crippen LogP contribution in [-0.2, 0) is 0 Å². The molecule has 21 heavy (non-hydrogen) atoms. The number of nitrogens with zero attached hydrogens (tertiary/aromatic N) is 3. The Kier molecular flexibility index (Phi) is 3.49. The first-order valence-corrected chi connectivity index (χ1v) is 7.46. The van der Waals surface area contributed by atoms with Crippen molar-refractivity contribution in [3.8, 4) is 0 Å². The zero-order valence-electron chi connectivity index (χ0n) is 12.6. The average Bonchev–Trinajstić information content (AvgIpc) is 3.02. The summed E-state index contributed by atoms with van der Waals surface area (Å²) in [6, 6.07) is 5.91. The minimum Gasteiger partial charge on any atom is -0.464 e. The van der Waals surface area contributed by atoms with Gasteiger partial charge in [0.15, 0.2) is 5.65 Å². The molecule has 2 atom stereocenters. The Morgan fingerprint density at radius 3 is 2.57 bits per heavy atom. The molecule has 3 aromatic rings. The fraction of sp³-hybridized carbons (Fsp3) is 0.375. The molecular weight excluding hydrogens is 286 g/mol. The Morgan fingerprint density at radius 2 is 1.95 bits per heavy atom. The fourth-order valence-electron chi connectivity index (χ4n) is 2.60. The lowest BCUT2D eigenvalue weighted by molar-refractivity contribution is 0.427. The molecule has 3 aromatic heterocycles. The van der Waals surface area contributed by atoms with Crippen molar-refractivity contribution in [1.29, 1.82) is 0 Å². The van der Waals surface area contributed by atoms with Gasteiger partial charge in [-0.2, -0.15) is 0 Å². The quantitative estimate of drug-likeness (QED) is 0.667. The minimum atomic E-state index is -0.197. The van der Waals surface area contributed by atoms with Gasteiger partial charge in [-0.3, -0.25) is 0 Å². The molecule has 0 N–H and O–H groups in total. The van der Waals surface area contributed by atoms with Crippen molar-refractivity contribution in [3.63, 3.8) is 0 Å². The highest BCUT2D eigenvalue weighted by atomic mass is 35.5. The maximum Gasteiger partial charge on any atom is 0.160 e. The number of rotatable bonds is 3. The molecule has 0 spiro atoms. The summed E-state index contributed by atoms with van der Waals surface area (Å²) in [4.78, 5) is 9.19. The van der Waals surface area contributed by atoms with Gasteiger partial charge in [-0.1, -0.05) is 0 Å². The molecule has 4 nitrogen and oxygen atoms in total. The van der Waals surface area contributed by atoms with Crippen molar-refractivity contribution in [3.05, 3.63) is 47.3 Å². The van der Waals surface area contributed by atoms with Crippen LogP contribution in [-0.4, -0.2) is 14.5 Å². The smallest absolute Gasteiger partial charge is 0.160 e. The third kappa shape index (κ3) is 2.33. The van der Waals surface area contributed by atoms with Gasteiger partial charge < -0.3 is 8.98 Å². The maximum atomic E-state index is 6.33. The molecular formula is C16H18ClN3O. The van der Waals surface area contributed by atoms with Gasteiger partial charge in [0.25, 0.3) is 0 Å². The highest BCUT2D eigenvalue weighted by Crippen LogP contribution is 2.31. The van der Waals surface area contributed by atoms with Gasteiger partial charge in [-0.05, 0) is 51.5 Å². The number of pyridine rings is 1. The van der Waals surface area contributed by atoms with E-state index in [-0.39, 0.29) is 11.4 Å². The number of alkyl halides is 1. The summed E-state index contributed by atoms with van der Waals surface area (Å²) in [6.45, 7) is 7.97. The van der Waals surface area contributed by atoms with Crippen LogP contribution in [0.2, 0.25) is 0 Å². The number of aryl methyl sites for hydroxylation is 2. The van der Waals surface area contributed by atoms with Crippen LogP contribution in [0.3, 0.4) is 0 Å². The molecule has 0 saturated heterocycles. The summed E-state index contributed by atoms with van der Waals surface area (Å²) in [5.74, 6) is 2.59. The monoisotopic (exact) mass is 303 g/mol. The molecule has 3 rings (SSSR count). The lowest BCUT2D eigenvalue weighted by Gasteiger charge is -2.16. The molecule has 0 aromatic carbocycles. The Hall–Kier alpha value is -1.81. The number of furan rings is 1. The Balaban J connectivity index is 2.24. The van der Waals surface area contributed by atoms with Crippen LogP contribution < -0.4 is 0 Å². The zero-order valence-corrected chi connectivity index (χ0v) is 13.3. The van der Waals surface area contributed by atoms with E-state index in [0.717, 1.165) is 34.1 Å². The third-order valence-electron chi connectivity index (χ3n) is 3.72. The average molecular weight is 304 g/mol. The van der Waals surface area contributed by atoms with Crippen LogP contribution in [0.5, 0.6) is 0 Å². The second kappa shape index (κ2) is 5.19. The van der Waals surface area contributed by atoms with Crippen LogP contribution in [0.15, 0.2) is 28.8 Å². The van der Waals surface area contributed by atoms with Crippen molar-refractivity contribution in [2.45, 2.75) is 39.1 Å². The number of fused-ring (bicyclic) bond motifs is 1. The first-order chi connectivity index (χ1) is 9.99. The summed E-state index contributed by atoms with van der Waals surface area (Å²) in [5, 5.41) is -0.197. The largest absolute Gasteiger partial charge is 0.464 e. The SMILES string of the molecule is Cc1ccc(C(C)n2c(C(C)Cl)nc3c(C)ccnc32)o1. The molecule has 0 radical (unpaired) electrons. The third-order valence-corrected chi connectivity index (χ3v) is 3.92. The predicted molar refractivity (Wildman–Crippen MR) is 83.8 cm³/mol. The van der Waals surface area contributed by atoms with Gasteiger partial charge in [-0.15, -0.1) is 11.6 Å². The topological polar surface area (TPSA) is 43.9 Å². The second-order valence-electron chi connectivity index (χ2n) is 5.38. The molecule has 5 heteroatoms. The lowest BCUT2D eigenvalue weighted by Crippen LogP contribution is -2.11. The minimum absolute atomic E-state index is 0.00537. The van der Waals surface area contributed by atoms with E-state index in [9.17, 15) is 0 Å². The highest BCUT2D eigenvalue weighted by Gasteiger charge is 2.23. The number of halogens is 1. The van der Waals surface area contributed by atoms with Gasteiger partial charge in [0.2, 0.25) is 0 Å². The summed E-state index contributed by atoms with van der Waals surface area (Å²) < 4.78 is 7.83. The van der Waals surface area contributed by atoms with Crippen molar-refractivity contribution >= 4 is 22.8 Å². The van der Waals surface area contributed by atoms with E-state index in [4.69, 9.17) is 21.0 Å². The number of imidazole rings is 1. The summed E-state index contributed by atoms with van der Waals surface area (Å²) in [5.41, 5.74) is 2.84. The van der Waals surface area contributed by atoms with Crippen LogP contribution >= 0.6 is 11.6 Å². The van der Waals surface area contributed by atoms with Crippen LogP contribution in [0.4, 0.5) is 0 Å². The summed E-state index contributed by atoms with van der Waals surface area (Å²) in [7, 11) is 0. The molecule has 0 saturated carbocycles. The van der Waals surface area contributed by atoms with Gasteiger partial charge in [-0.25, -0.2) is 9.97 Å². The van der Waals surface area contributed by atoms with E-state index in [1.54, 1.807) is 6.20 Å². The lowest BCUT2D eigenvalue weighted by atomic mass is 10.2. The Labute approximate surface area is 128 Å². The normalized spacial score (nSPS) is 14.5. The van der Waals surface area contributed by atoms with Crippen LogP contribution in [0, 0.1) is 13.8 Å². The first-order valence-electron chi connectivity index (χ1n) is 7.03. The number of hydrogen-bond acceptors (Lipinski definition) is 3. The van der Waals surface area contributed by atoms with Crippen molar-refractivity contribution in [1.82, 2.24) is 14.5 Å². The van der Waals surface area contributed by atoms with Gasteiger partial charge in [0.1, 0.15) is 22.9 Å². The molecule has 110 valence electrons. The molecule has 0 aliphatic carbocycles. The van der Waals surface area contributed by atoms with E-state index < -0.39 is 0 Å². The predicted octanol–water partition coefficient (Wildman–Crippen LogP) is 4.55. The first kappa shape index (κ1) is 14.1. The van der Waals surface area contributed by atoms with E-state index in [2.05, 4.69) is 16.5 Å². The van der Waals surface area contributed by atoms with Crippen LogP contribution in [0.1, 0.15) is 48.2 Å². The van der Waals surface area contributed by atoms with E-state index in [1.807, 2.05) is 39.0 Å². The molecule has 0 aliphatic rings. The van der Waals surface area contributed by atoms with E-state index >= 15 is 0 Å². The van der Waals surface area contributed by atoms with Gasteiger partial charge >= 0.3 is 0 Å². The van der Waals surface area contributed by atoms with E-state index in [0.29, 0.717) is 0 Å². The standard InChI is InChI=1S/C16H18ClN3O/c1-9-7-8-18-16-14(9)19-15(11(3)17)20(16)12(4)13-6-5-10(2)21-13/h5-8,11-12H,1-4H3. The fourth-order valence-corrected chi connectivity index (χ4v) is 2.75. The molecule has 2 unspecified atom stereocenters. The van der Waals surface area contributed by atoms with Crippen molar-refractivity contribution in [2.75, 3.05) is 0 Å². The Bertz CT molecular complexity index is 788. The van der Waals surface area contributed by atoms with Crippen LogP contribution in [0.25, 0.3) is 11.2 Å². The van der Waals surface area contributed by atoms with Gasteiger partial charge in [0.05, 0.1) is 11.4 Å². The second-order valence-corrected chi connectivity index (χ2v) is 6.04. The summed E-state index contributed by atoms with van der Waals surface area (Å²) >= 11 is 6.33. The highest BCUT2D eigenvalue weighted by molar-refractivity contribution is 6.20. The maximum absolute atomic E-state index is 6.33. The zero-order chi connectivity index (χ0) is 15.1. The number of hydrogen-bond donors (Lipinski definition) is 0. The van der Waals surface area contributed by atoms with Crippen molar-refractivity contribution < 1.29 is 4.42 Å². The molecule has 3 heterocycles. The molecule has 0 aliphatic heterocycles. The van der Waals surface area contributed by atoms with Gasteiger partial charge in [0, 0.05) is 6.20 Å². The van der Waals surface area contributed by atoms with E-state index in [1.165, 1.54) is 0 Å². The summed E-state index contributed by atoms with van der Waals surface area (Å²) in [6.07, 6.45) is 1.80. The van der Waals surface area contributed by atoms with Crippen molar-refractivity contribution in [2.24, 2.45) is 0 Å². The molecule has 0 bridgehead atoms.